The van der Waals surface area contributed by atoms with E-state index in [0.29, 0.717) is 31.2 Å². The van der Waals surface area contributed by atoms with Crippen molar-refractivity contribution >= 4 is 5.91 Å². The lowest BCUT2D eigenvalue weighted by molar-refractivity contribution is -0.120. The highest BCUT2D eigenvalue weighted by Crippen LogP contribution is 2.27. The summed E-state index contributed by atoms with van der Waals surface area (Å²) in [6.45, 7) is 8.30. The van der Waals surface area contributed by atoms with Crippen molar-refractivity contribution in [3.63, 3.8) is 0 Å². The zero-order valence-electron chi connectivity index (χ0n) is 18.0. The Hall–Kier alpha value is -2.73. The predicted octanol–water partition coefficient (Wildman–Crippen LogP) is 3.29. The van der Waals surface area contributed by atoms with Crippen molar-refractivity contribution in [2.45, 2.75) is 32.7 Å². The highest BCUT2D eigenvalue weighted by Gasteiger charge is 2.13. The first-order valence-corrected chi connectivity index (χ1v) is 9.75. The quantitative estimate of drug-likeness (QED) is 0.599. The number of hydrogen-bond acceptors (Lipinski definition) is 5. The number of rotatable bonds is 10. The van der Waals surface area contributed by atoms with Crippen molar-refractivity contribution in [3.05, 3.63) is 53.6 Å². The summed E-state index contributed by atoms with van der Waals surface area (Å²) in [5, 5.41) is 5.96. The fourth-order valence-corrected chi connectivity index (χ4v) is 2.75. The molecule has 1 amide bonds. The van der Waals surface area contributed by atoms with Gasteiger partial charge in [-0.05, 0) is 40.8 Å². The number of carbonyl (C=O) groups excluding carboxylic acids is 1. The second-order valence-electron chi connectivity index (χ2n) is 7.77. The lowest BCUT2D eigenvalue weighted by atomic mass is 9.87. The van der Waals surface area contributed by atoms with Crippen LogP contribution in [0, 0.1) is 0 Å². The molecule has 0 bridgehead atoms. The van der Waals surface area contributed by atoms with Gasteiger partial charge in [-0.15, -0.1) is 0 Å². The van der Waals surface area contributed by atoms with Gasteiger partial charge in [-0.3, -0.25) is 4.79 Å². The van der Waals surface area contributed by atoms with Crippen molar-refractivity contribution in [2.24, 2.45) is 0 Å². The van der Waals surface area contributed by atoms with Gasteiger partial charge in [0.1, 0.15) is 12.4 Å². The highest BCUT2D eigenvalue weighted by atomic mass is 16.5. The van der Waals surface area contributed by atoms with Crippen LogP contribution in [0.5, 0.6) is 17.2 Å². The number of amides is 1. The van der Waals surface area contributed by atoms with E-state index in [0.717, 1.165) is 11.3 Å². The summed E-state index contributed by atoms with van der Waals surface area (Å²) in [5.74, 6) is 2.06. The largest absolute Gasteiger partial charge is 0.493 e. The number of carbonyl (C=O) groups is 1. The summed E-state index contributed by atoms with van der Waals surface area (Å²) >= 11 is 0. The van der Waals surface area contributed by atoms with Crippen LogP contribution in [0.15, 0.2) is 42.5 Å². The Labute approximate surface area is 173 Å². The maximum atomic E-state index is 12.0. The van der Waals surface area contributed by atoms with Gasteiger partial charge in [0.05, 0.1) is 20.8 Å². The third kappa shape index (κ3) is 7.31. The molecule has 2 rings (SSSR count). The van der Waals surface area contributed by atoms with Gasteiger partial charge in [-0.25, -0.2) is 0 Å². The van der Waals surface area contributed by atoms with Gasteiger partial charge >= 0.3 is 0 Å². The minimum absolute atomic E-state index is 0.0747. The summed E-state index contributed by atoms with van der Waals surface area (Å²) in [6.07, 6.45) is 0. The third-order valence-corrected chi connectivity index (χ3v) is 4.49. The van der Waals surface area contributed by atoms with Gasteiger partial charge in [0.25, 0.3) is 0 Å². The van der Waals surface area contributed by atoms with E-state index in [1.165, 1.54) is 5.56 Å². The van der Waals surface area contributed by atoms with Crippen molar-refractivity contribution in [3.8, 4) is 17.2 Å². The third-order valence-electron chi connectivity index (χ3n) is 4.49. The Bertz CT molecular complexity index is 782. The first-order chi connectivity index (χ1) is 13.8. The number of methoxy groups -OCH3 is 2. The van der Waals surface area contributed by atoms with Gasteiger partial charge in [0.15, 0.2) is 11.5 Å². The molecule has 2 N–H and O–H groups in total. The maximum absolute atomic E-state index is 12.0. The fraction of sp³-hybridized carbons (Fsp3) is 0.435. The molecule has 2 aromatic carbocycles. The Morgan fingerprint density at radius 1 is 0.966 bits per heavy atom. The van der Waals surface area contributed by atoms with Gasteiger partial charge < -0.3 is 24.8 Å². The van der Waals surface area contributed by atoms with Crippen LogP contribution < -0.4 is 24.8 Å². The molecule has 0 radical (unpaired) electrons. The number of hydrogen-bond donors (Lipinski definition) is 2. The van der Waals surface area contributed by atoms with Crippen LogP contribution in [0.25, 0.3) is 0 Å². The minimum Gasteiger partial charge on any atom is -0.493 e. The van der Waals surface area contributed by atoms with Crippen LogP contribution in [0.2, 0.25) is 0 Å². The molecule has 6 nitrogen and oxygen atoms in total. The number of nitrogens with one attached hydrogen (secondary N) is 2. The second kappa shape index (κ2) is 10.7. The van der Waals surface area contributed by atoms with E-state index in [2.05, 4.69) is 43.5 Å². The number of ether oxygens (including phenoxy) is 3. The van der Waals surface area contributed by atoms with E-state index in [4.69, 9.17) is 14.2 Å². The molecule has 0 heterocycles. The average molecular weight is 401 g/mol. The lowest BCUT2D eigenvalue weighted by Gasteiger charge is -2.19. The molecule has 6 heteroatoms. The highest BCUT2D eigenvalue weighted by molar-refractivity contribution is 5.78. The summed E-state index contributed by atoms with van der Waals surface area (Å²) in [6, 6.07) is 13.7. The average Bonchev–Trinajstić information content (AvgIpc) is 2.71. The molecule has 0 aliphatic rings. The summed E-state index contributed by atoms with van der Waals surface area (Å²) in [7, 11) is 3.18. The predicted molar refractivity (Wildman–Crippen MR) is 115 cm³/mol. The topological polar surface area (TPSA) is 68.8 Å². The fourth-order valence-electron chi connectivity index (χ4n) is 2.75. The Kier molecular flexibility index (Phi) is 8.34. The molecule has 29 heavy (non-hydrogen) atoms. The van der Waals surface area contributed by atoms with E-state index < -0.39 is 0 Å². The van der Waals surface area contributed by atoms with Crippen molar-refractivity contribution in [1.82, 2.24) is 10.6 Å². The molecule has 0 unspecified atom stereocenters. The standard InChI is InChI=1S/C23H32N2O4/c1-23(2,3)18-7-9-19(10-8-18)29-13-12-24-16-22(26)25-15-17-6-11-20(27-4)21(14-17)28-5/h6-11,14,24H,12-13,15-16H2,1-5H3,(H,25,26). The van der Waals surface area contributed by atoms with E-state index in [-0.39, 0.29) is 17.9 Å². The minimum atomic E-state index is -0.0747. The number of benzene rings is 2. The van der Waals surface area contributed by atoms with Crippen molar-refractivity contribution < 1.29 is 19.0 Å². The van der Waals surface area contributed by atoms with Gasteiger partial charge in [-0.2, -0.15) is 0 Å². The van der Waals surface area contributed by atoms with E-state index in [1.54, 1.807) is 14.2 Å². The van der Waals surface area contributed by atoms with Gasteiger partial charge in [0.2, 0.25) is 5.91 Å². The van der Waals surface area contributed by atoms with Crippen molar-refractivity contribution in [1.29, 1.82) is 0 Å². The van der Waals surface area contributed by atoms with Gasteiger partial charge in [0, 0.05) is 13.1 Å². The summed E-state index contributed by atoms with van der Waals surface area (Å²) < 4.78 is 16.2. The first kappa shape index (κ1) is 22.6. The molecule has 0 aliphatic carbocycles. The molecule has 0 fully saturated rings. The Balaban J connectivity index is 1.65. The van der Waals surface area contributed by atoms with Crippen LogP contribution in [-0.2, 0) is 16.8 Å². The molecule has 0 atom stereocenters. The Morgan fingerprint density at radius 3 is 2.28 bits per heavy atom. The smallest absolute Gasteiger partial charge is 0.234 e. The van der Waals surface area contributed by atoms with Crippen molar-refractivity contribution in [2.75, 3.05) is 33.9 Å². The molecule has 2 aromatic rings. The van der Waals surface area contributed by atoms with Crippen LogP contribution in [0.3, 0.4) is 0 Å². The molecule has 0 saturated heterocycles. The SMILES string of the molecule is COc1ccc(CNC(=O)CNCCOc2ccc(C(C)(C)C)cc2)cc1OC. The van der Waals surface area contributed by atoms with E-state index in [1.807, 2.05) is 30.3 Å². The Morgan fingerprint density at radius 2 is 1.66 bits per heavy atom. The van der Waals surface area contributed by atoms with E-state index >= 15 is 0 Å². The van der Waals surface area contributed by atoms with E-state index in [9.17, 15) is 4.79 Å². The summed E-state index contributed by atoms with van der Waals surface area (Å²) in [4.78, 5) is 12.0. The second-order valence-corrected chi connectivity index (χ2v) is 7.77. The first-order valence-electron chi connectivity index (χ1n) is 9.75. The molecule has 158 valence electrons. The van der Waals surface area contributed by atoms with Crippen LogP contribution >= 0.6 is 0 Å². The molecule has 0 aliphatic heterocycles. The van der Waals surface area contributed by atoms with Crippen LogP contribution in [0.1, 0.15) is 31.9 Å². The molecule has 0 saturated carbocycles. The molecule has 0 aromatic heterocycles. The van der Waals surface area contributed by atoms with Crippen LogP contribution in [0.4, 0.5) is 0 Å². The zero-order valence-corrected chi connectivity index (χ0v) is 18.0. The normalized spacial score (nSPS) is 11.1. The van der Waals surface area contributed by atoms with Crippen LogP contribution in [-0.4, -0.2) is 39.8 Å². The maximum Gasteiger partial charge on any atom is 0.234 e. The monoisotopic (exact) mass is 400 g/mol. The zero-order chi connectivity index (χ0) is 21.3. The lowest BCUT2D eigenvalue weighted by Crippen LogP contribution is -2.35. The van der Waals surface area contributed by atoms with Gasteiger partial charge in [-0.1, -0.05) is 39.0 Å². The molecule has 0 spiro atoms. The molecular weight excluding hydrogens is 368 g/mol. The summed E-state index contributed by atoms with van der Waals surface area (Å²) in [5.41, 5.74) is 2.34. The molecular formula is C23H32N2O4.